The van der Waals surface area contributed by atoms with Crippen LogP contribution in [0.4, 0.5) is 0 Å². The number of hydrogen-bond donors (Lipinski definition) is 0. The topological polar surface area (TPSA) is 78.9 Å². The summed E-state index contributed by atoms with van der Waals surface area (Å²) in [6.07, 6.45) is 59.5. The molecule has 0 unspecified atom stereocenters. The van der Waals surface area contributed by atoms with E-state index < -0.39 is 6.10 Å². The molecule has 1 atom stereocenters. The van der Waals surface area contributed by atoms with E-state index in [1.54, 1.807) is 0 Å². The van der Waals surface area contributed by atoms with Gasteiger partial charge >= 0.3 is 17.9 Å². The van der Waals surface area contributed by atoms with E-state index in [1.807, 2.05) is 0 Å². The van der Waals surface area contributed by atoms with Crippen molar-refractivity contribution in [2.75, 3.05) is 13.2 Å². The quantitative estimate of drug-likeness (QED) is 0.0343. The number of carbonyl (C=O) groups is 3. The van der Waals surface area contributed by atoms with Gasteiger partial charge in [-0.05, 0) is 25.2 Å². The summed E-state index contributed by atoms with van der Waals surface area (Å²) in [7, 11) is 0. The lowest BCUT2D eigenvalue weighted by molar-refractivity contribution is -0.167. The van der Waals surface area contributed by atoms with Crippen molar-refractivity contribution >= 4 is 17.9 Å². The second kappa shape index (κ2) is 54.4. The summed E-state index contributed by atoms with van der Waals surface area (Å²) >= 11 is 0. The Balaban J connectivity index is 4.28. The van der Waals surface area contributed by atoms with Crippen LogP contribution >= 0.6 is 0 Å². The number of unbranched alkanes of at least 4 members (excludes halogenated alkanes) is 42. The fourth-order valence-corrected chi connectivity index (χ4v) is 9.28. The molecule has 0 N–H and O–H groups in total. The molecule has 0 radical (unpaired) electrons. The lowest BCUT2D eigenvalue weighted by Crippen LogP contribution is -2.30. The highest BCUT2D eigenvalue weighted by molar-refractivity contribution is 5.71. The van der Waals surface area contributed by atoms with Gasteiger partial charge in [0.15, 0.2) is 6.10 Å². The molecule has 0 rings (SSSR count). The molecule has 0 saturated carbocycles. The Morgan fingerprint density at radius 2 is 0.500 bits per heavy atom. The van der Waals surface area contributed by atoms with E-state index in [-0.39, 0.29) is 31.1 Å². The van der Waals surface area contributed by atoms with Gasteiger partial charge < -0.3 is 14.2 Å². The third kappa shape index (κ3) is 53.4. The van der Waals surface area contributed by atoms with Crippen LogP contribution in [-0.4, -0.2) is 37.2 Å². The second-order valence-corrected chi connectivity index (χ2v) is 21.1. The predicted octanol–water partition coefficient (Wildman–Crippen LogP) is 19.8. The van der Waals surface area contributed by atoms with Gasteiger partial charge in [0.25, 0.3) is 0 Å². The number of carbonyl (C=O) groups excluding carboxylic acids is 3. The molecule has 66 heavy (non-hydrogen) atoms. The lowest BCUT2D eigenvalue weighted by Gasteiger charge is -2.18. The predicted molar refractivity (Wildman–Crippen MR) is 284 cm³/mol. The molecule has 6 heteroatoms. The van der Waals surface area contributed by atoms with Gasteiger partial charge in [-0.1, -0.05) is 304 Å². The molecule has 6 nitrogen and oxygen atoms in total. The molecule has 0 heterocycles. The summed E-state index contributed by atoms with van der Waals surface area (Å²) in [4.78, 5) is 38.2. The Bertz CT molecular complexity index is 996. The average molecular weight is 934 g/mol. The summed E-state index contributed by atoms with van der Waals surface area (Å²) in [5, 5.41) is 0. The summed E-state index contributed by atoms with van der Waals surface area (Å²) in [6.45, 7) is 9.07. The maximum Gasteiger partial charge on any atom is 0.306 e. The molecule has 0 spiro atoms. The smallest absolute Gasteiger partial charge is 0.306 e. The van der Waals surface area contributed by atoms with E-state index in [2.05, 4.69) is 27.7 Å². The molecule has 0 amide bonds. The van der Waals surface area contributed by atoms with E-state index in [0.717, 1.165) is 63.7 Å². The minimum absolute atomic E-state index is 0.0617. The fourth-order valence-electron chi connectivity index (χ4n) is 9.28. The van der Waals surface area contributed by atoms with Crippen LogP contribution in [0.15, 0.2) is 0 Å². The third-order valence-electron chi connectivity index (χ3n) is 13.8. The van der Waals surface area contributed by atoms with Gasteiger partial charge in [-0.25, -0.2) is 0 Å². The zero-order chi connectivity index (χ0) is 48.1. The minimum atomic E-state index is -0.762. The van der Waals surface area contributed by atoms with Crippen LogP contribution in [0.2, 0.25) is 0 Å². The SMILES string of the molecule is CCCCCCCCCCCCCCCCCCCCC(=O)OC[C@@H](COC(=O)CCCCCCCCCCCCCCCCC)OC(=O)CCCCCCCCCCCCCCC(C)C. The Labute approximate surface area is 412 Å². The van der Waals surface area contributed by atoms with Crippen LogP contribution in [0.25, 0.3) is 0 Å². The molecule has 392 valence electrons. The lowest BCUT2D eigenvalue weighted by atomic mass is 10.0. The van der Waals surface area contributed by atoms with Crippen molar-refractivity contribution in [2.45, 2.75) is 348 Å². The largest absolute Gasteiger partial charge is 0.462 e. The van der Waals surface area contributed by atoms with Gasteiger partial charge in [-0.2, -0.15) is 0 Å². The fraction of sp³-hybridized carbons (Fsp3) is 0.950. The molecule has 0 aliphatic carbocycles. The van der Waals surface area contributed by atoms with Gasteiger partial charge in [0, 0.05) is 19.3 Å². The standard InChI is InChI=1S/C60H116O6/c1-5-7-9-11-13-15-17-19-21-22-23-25-27-32-36-40-44-48-52-59(62)65-55-57(66-60(63)53-49-45-41-37-33-29-28-30-34-38-42-46-50-56(3)4)54-64-58(61)51-47-43-39-35-31-26-24-20-18-16-14-12-10-8-6-2/h56-57H,5-55H2,1-4H3/t57-/m1/s1. The van der Waals surface area contributed by atoms with Crippen molar-refractivity contribution in [2.24, 2.45) is 5.92 Å². The van der Waals surface area contributed by atoms with Gasteiger partial charge in [0.2, 0.25) is 0 Å². The van der Waals surface area contributed by atoms with Crippen molar-refractivity contribution in [3.63, 3.8) is 0 Å². The van der Waals surface area contributed by atoms with Crippen molar-refractivity contribution in [3.05, 3.63) is 0 Å². The maximum atomic E-state index is 12.9. The highest BCUT2D eigenvalue weighted by atomic mass is 16.6. The minimum Gasteiger partial charge on any atom is -0.462 e. The molecule has 0 aliphatic heterocycles. The van der Waals surface area contributed by atoms with Gasteiger partial charge in [-0.3, -0.25) is 14.4 Å². The van der Waals surface area contributed by atoms with Crippen LogP contribution in [0, 0.1) is 5.92 Å². The van der Waals surface area contributed by atoms with E-state index in [0.29, 0.717) is 19.3 Å². The highest BCUT2D eigenvalue weighted by Crippen LogP contribution is 2.18. The zero-order valence-corrected chi connectivity index (χ0v) is 45.2. The van der Waals surface area contributed by atoms with Gasteiger partial charge in [0.05, 0.1) is 0 Å². The monoisotopic (exact) mass is 933 g/mol. The molecule has 0 fully saturated rings. The van der Waals surface area contributed by atoms with Crippen LogP contribution in [0.1, 0.15) is 342 Å². The Morgan fingerprint density at radius 3 is 0.742 bits per heavy atom. The van der Waals surface area contributed by atoms with Crippen molar-refractivity contribution < 1.29 is 28.6 Å². The zero-order valence-electron chi connectivity index (χ0n) is 45.2. The van der Waals surface area contributed by atoms with E-state index in [9.17, 15) is 14.4 Å². The first-order valence-corrected chi connectivity index (χ1v) is 29.9. The molecule has 0 aromatic rings. The first-order valence-electron chi connectivity index (χ1n) is 29.9. The van der Waals surface area contributed by atoms with Crippen molar-refractivity contribution in [1.82, 2.24) is 0 Å². The molecule has 0 aromatic carbocycles. The Hall–Kier alpha value is -1.59. The summed E-state index contributed by atoms with van der Waals surface area (Å²) in [5.41, 5.74) is 0. The molecular formula is C60H116O6. The van der Waals surface area contributed by atoms with Gasteiger partial charge in [-0.15, -0.1) is 0 Å². The van der Waals surface area contributed by atoms with Gasteiger partial charge in [0.1, 0.15) is 13.2 Å². The first-order chi connectivity index (χ1) is 32.4. The van der Waals surface area contributed by atoms with Crippen molar-refractivity contribution in [3.8, 4) is 0 Å². The van der Waals surface area contributed by atoms with Crippen LogP contribution in [-0.2, 0) is 28.6 Å². The Morgan fingerprint density at radius 1 is 0.288 bits per heavy atom. The van der Waals surface area contributed by atoms with E-state index >= 15 is 0 Å². The Kier molecular flexibility index (Phi) is 53.0. The van der Waals surface area contributed by atoms with Crippen LogP contribution < -0.4 is 0 Å². The second-order valence-electron chi connectivity index (χ2n) is 21.1. The summed E-state index contributed by atoms with van der Waals surface area (Å²) < 4.78 is 16.9. The third-order valence-corrected chi connectivity index (χ3v) is 13.8. The number of rotatable bonds is 55. The normalized spacial score (nSPS) is 12.0. The maximum absolute atomic E-state index is 12.9. The molecule has 0 bridgehead atoms. The van der Waals surface area contributed by atoms with E-state index in [4.69, 9.17) is 14.2 Å². The molecule has 0 aromatic heterocycles. The summed E-state index contributed by atoms with van der Waals surface area (Å²) in [6, 6.07) is 0. The number of esters is 3. The highest BCUT2D eigenvalue weighted by Gasteiger charge is 2.19. The molecular weight excluding hydrogens is 817 g/mol. The number of ether oxygens (including phenoxy) is 3. The van der Waals surface area contributed by atoms with Crippen LogP contribution in [0.3, 0.4) is 0 Å². The van der Waals surface area contributed by atoms with Crippen molar-refractivity contribution in [1.29, 1.82) is 0 Å². The first kappa shape index (κ1) is 64.4. The molecule has 0 aliphatic rings. The molecule has 0 saturated heterocycles. The number of hydrogen-bond acceptors (Lipinski definition) is 6. The van der Waals surface area contributed by atoms with Crippen LogP contribution in [0.5, 0.6) is 0 Å². The average Bonchev–Trinajstić information content (AvgIpc) is 3.30. The van der Waals surface area contributed by atoms with E-state index in [1.165, 1.54) is 238 Å². The summed E-state index contributed by atoms with van der Waals surface area (Å²) in [5.74, 6) is -0.000909.